The first kappa shape index (κ1) is 26.2. The Kier molecular flexibility index (Phi) is 8.27. The number of rotatable bonds is 7. The van der Waals surface area contributed by atoms with E-state index in [9.17, 15) is 9.59 Å². The van der Waals surface area contributed by atoms with Crippen LogP contribution in [-0.4, -0.2) is 36.9 Å². The van der Waals surface area contributed by atoms with Gasteiger partial charge in [0.25, 0.3) is 5.91 Å². The Hall–Kier alpha value is -3.39. The average Bonchev–Trinajstić information content (AvgIpc) is 3.15. The molecule has 0 aliphatic carbocycles. The predicted molar refractivity (Wildman–Crippen MR) is 153 cm³/mol. The van der Waals surface area contributed by atoms with Gasteiger partial charge in [0.2, 0.25) is 0 Å². The first-order valence-corrected chi connectivity index (χ1v) is 13.5. The van der Waals surface area contributed by atoms with Crippen molar-refractivity contribution in [2.24, 2.45) is 5.92 Å². The van der Waals surface area contributed by atoms with E-state index in [1.807, 2.05) is 36.4 Å². The molecule has 2 aliphatic rings. The average molecular weight is 529 g/mol. The van der Waals surface area contributed by atoms with E-state index in [0.717, 1.165) is 33.7 Å². The third-order valence-electron chi connectivity index (χ3n) is 6.96. The van der Waals surface area contributed by atoms with E-state index in [0.29, 0.717) is 44.7 Å². The van der Waals surface area contributed by atoms with Crippen molar-refractivity contribution in [2.75, 3.05) is 25.1 Å². The topological polar surface area (TPSA) is 76.7 Å². The number of anilines is 1. The Morgan fingerprint density at radius 3 is 2.55 bits per heavy atom. The van der Waals surface area contributed by atoms with Crippen molar-refractivity contribution < 1.29 is 19.1 Å². The lowest BCUT2D eigenvalue weighted by molar-refractivity contribution is -0.134. The van der Waals surface area contributed by atoms with Crippen LogP contribution in [0.2, 0.25) is 0 Å². The number of ketones is 1. The number of hydrogen-bond donors (Lipinski definition) is 3. The summed E-state index contributed by atoms with van der Waals surface area (Å²) in [4.78, 5) is 25.3. The van der Waals surface area contributed by atoms with Crippen LogP contribution in [0.3, 0.4) is 0 Å². The number of benzene rings is 3. The molecule has 2 atom stereocenters. The Bertz CT molecular complexity index is 1330. The van der Waals surface area contributed by atoms with E-state index in [4.69, 9.17) is 9.47 Å². The molecule has 0 spiro atoms. The summed E-state index contributed by atoms with van der Waals surface area (Å²) in [5.41, 5.74) is 6.20. The fourth-order valence-corrected chi connectivity index (χ4v) is 5.00. The molecule has 5 rings (SSSR count). The van der Waals surface area contributed by atoms with Gasteiger partial charge >= 0.3 is 0 Å². The van der Waals surface area contributed by atoms with Crippen molar-refractivity contribution in [2.45, 2.75) is 31.7 Å². The van der Waals surface area contributed by atoms with Gasteiger partial charge in [0, 0.05) is 48.9 Å². The van der Waals surface area contributed by atoms with E-state index >= 15 is 0 Å². The Balaban J connectivity index is 1.20. The molecule has 38 heavy (non-hydrogen) atoms. The van der Waals surface area contributed by atoms with Crippen LogP contribution in [0.5, 0.6) is 5.75 Å². The van der Waals surface area contributed by atoms with Crippen LogP contribution < -0.4 is 15.4 Å². The van der Waals surface area contributed by atoms with E-state index in [2.05, 4.69) is 66.6 Å². The predicted octanol–water partition coefficient (Wildman–Crippen LogP) is 5.42. The van der Waals surface area contributed by atoms with Gasteiger partial charge in [-0.3, -0.25) is 9.59 Å². The summed E-state index contributed by atoms with van der Waals surface area (Å²) in [7, 11) is 0. The highest BCUT2D eigenvalue weighted by atomic mass is 32.1. The van der Waals surface area contributed by atoms with Gasteiger partial charge in [0.15, 0.2) is 11.2 Å². The van der Waals surface area contributed by atoms with E-state index in [1.54, 1.807) is 0 Å². The number of thiol groups is 1. The number of amides is 1. The molecule has 0 saturated carbocycles. The van der Waals surface area contributed by atoms with Gasteiger partial charge in [-0.2, -0.15) is 0 Å². The van der Waals surface area contributed by atoms with Crippen LogP contribution in [0.1, 0.15) is 29.5 Å². The summed E-state index contributed by atoms with van der Waals surface area (Å²) in [6.07, 6.45) is 3.17. The lowest BCUT2D eigenvalue weighted by Crippen LogP contribution is -2.39. The molecule has 1 amide bonds. The second-order valence-corrected chi connectivity index (χ2v) is 10.2. The minimum absolute atomic E-state index is 0.0392. The van der Waals surface area contributed by atoms with Crippen molar-refractivity contribution in [3.05, 3.63) is 89.0 Å². The fraction of sp³-hybridized carbons (Fsp3) is 0.290. The number of hydrogen-bond acceptors (Lipinski definition) is 6. The number of fused-ring (bicyclic) bond motifs is 1. The fourth-order valence-electron chi connectivity index (χ4n) is 4.69. The molecule has 2 unspecified atom stereocenters. The van der Waals surface area contributed by atoms with Gasteiger partial charge in [0.1, 0.15) is 5.75 Å². The van der Waals surface area contributed by atoms with Crippen LogP contribution in [0.25, 0.3) is 17.2 Å². The highest BCUT2D eigenvalue weighted by molar-refractivity contribution is 7.81. The van der Waals surface area contributed by atoms with Crippen molar-refractivity contribution >= 4 is 36.1 Å². The van der Waals surface area contributed by atoms with Gasteiger partial charge in [-0.1, -0.05) is 48.0 Å². The van der Waals surface area contributed by atoms with Gasteiger partial charge < -0.3 is 20.1 Å². The quantitative estimate of drug-likeness (QED) is 0.357. The number of carbonyl (C=O) groups excluding carboxylic acids is 2. The van der Waals surface area contributed by atoms with Crippen LogP contribution in [0, 0.1) is 12.8 Å². The summed E-state index contributed by atoms with van der Waals surface area (Å²) in [6.45, 7) is 4.31. The van der Waals surface area contributed by atoms with Gasteiger partial charge in [0.05, 0.1) is 6.61 Å². The third kappa shape index (κ3) is 6.35. The highest BCUT2D eigenvalue weighted by Crippen LogP contribution is 2.31. The standard InChI is InChI=1S/C31H32N2O4S/c1-20-2-6-22(7-3-20)23-8-11-28-26(16-23)17-24(12-14-36-28)30(35)33-27-9-4-21(5-10-27)18-32-19-25-13-15-37-31(38)29(25)34/h2-11,16-17,25,31-32,38H,12-15,18-19H2,1H3,(H,33,35). The van der Waals surface area contributed by atoms with Crippen molar-refractivity contribution in [3.8, 4) is 16.9 Å². The molecule has 2 N–H and O–H groups in total. The number of ether oxygens (including phenoxy) is 2. The second-order valence-electron chi connectivity index (χ2n) is 9.78. The van der Waals surface area contributed by atoms with E-state index < -0.39 is 5.44 Å². The van der Waals surface area contributed by atoms with Crippen LogP contribution in [0.15, 0.2) is 72.3 Å². The zero-order valence-electron chi connectivity index (χ0n) is 21.4. The largest absolute Gasteiger partial charge is 0.493 e. The van der Waals surface area contributed by atoms with Crippen LogP contribution in [0.4, 0.5) is 5.69 Å². The molecule has 7 heteroatoms. The Labute approximate surface area is 228 Å². The molecular formula is C31H32N2O4S. The number of Topliss-reactive ketones (excluding diaryl/α,β-unsaturated/α-hetero) is 1. The van der Waals surface area contributed by atoms with Gasteiger partial charge in [-0.25, -0.2) is 0 Å². The minimum atomic E-state index is -0.614. The summed E-state index contributed by atoms with van der Waals surface area (Å²) >= 11 is 4.18. The number of nitrogens with one attached hydrogen (secondary N) is 2. The molecule has 1 fully saturated rings. The lowest BCUT2D eigenvalue weighted by atomic mass is 9.98. The number of carbonyl (C=O) groups is 2. The van der Waals surface area contributed by atoms with Gasteiger partial charge in [-0.15, -0.1) is 12.6 Å². The zero-order chi connectivity index (χ0) is 26.5. The van der Waals surface area contributed by atoms with Crippen molar-refractivity contribution in [3.63, 3.8) is 0 Å². The Morgan fingerprint density at radius 2 is 1.76 bits per heavy atom. The molecule has 3 aromatic rings. The van der Waals surface area contributed by atoms with Gasteiger partial charge in [-0.05, 0) is 60.4 Å². The molecule has 2 aliphatic heterocycles. The van der Waals surface area contributed by atoms with Crippen LogP contribution in [-0.2, 0) is 20.9 Å². The molecule has 3 aromatic carbocycles. The monoisotopic (exact) mass is 528 g/mol. The van der Waals surface area contributed by atoms with Crippen molar-refractivity contribution in [1.29, 1.82) is 0 Å². The first-order chi connectivity index (χ1) is 18.5. The maximum Gasteiger partial charge on any atom is 0.251 e. The molecule has 6 nitrogen and oxygen atoms in total. The summed E-state index contributed by atoms with van der Waals surface area (Å²) < 4.78 is 11.2. The molecule has 2 heterocycles. The second kappa shape index (κ2) is 12.0. The highest BCUT2D eigenvalue weighted by Gasteiger charge is 2.29. The minimum Gasteiger partial charge on any atom is -0.493 e. The van der Waals surface area contributed by atoms with E-state index in [-0.39, 0.29) is 17.6 Å². The molecule has 0 radical (unpaired) electrons. The van der Waals surface area contributed by atoms with Crippen molar-refractivity contribution in [1.82, 2.24) is 5.32 Å². The molecule has 0 aromatic heterocycles. The zero-order valence-corrected chi connectivity index (χ0v) is 22.3. The molecule has 0 bridgehead atoms. The smallest absolute Gasteiger partial charge is 0.251 e. The first-order valence-electron chi connectivity index (χ1n) is 12.9. The maximum absolute atomic E-state index is 13.1. The van der Waals surface area contributed by atoms with Crippen LogP contribution >= 0.6 is 12.6 Å². The maximum atomic E-state index is 13.1. The normalized spacial score (nSPS) is 19.1. The Morgan fingerprint density at radius 1 is 1.00 bits per heavy atom. The molecular weight excluding hydrogens is 496 g/mol. The SMILES string of the molecule is Cc1ccc(-c2ccc3c(c2)C=C(C(=O)Nc2ccc(CNCC4CCOC(S)C4=O)cc2)CCO3)cc1. The summed E-state index contributed by atoms with van der Waals surface area (Å²) in [5, 5.41) is 6.37. The summed E-state index contributed by atoms with van der Waals surface area (Å²) in [5.74, 6) is 0.623. The molecule has 196 valence electrons. The lowest BCUT2D eigenvalue weighted by Gasteiger charge is -2.25. The summed E-state index contributed by atoms with van der Waals surface area (Å²) in [6, 6.07) is 22.3. The third-order valence-corrected chi connectivity index (χ3v) is 7.37. The molecule has 1 saturated heterocycles. The number of aryl methyl sites for hydroxylation is 1. The van der Waals surface area contributed by atoms with E-state index in [1.165, 1.54) is 5.56 Å².